The van der Waals surface area contributed by atoms with Crippen molar-refractivity contribution in [1.29, 1.82) is 5.26 Å². The molecule has 0 amide bonds. The fourth-order valence-corrected chi connectivity index (χ4v) is 1.33. The predicted molar refractivity (Wildman–Crippen MR) is 67.4 cm³/mol. The lowest BCUT2D eigenvalue weighted by atomic mass is 10.1. The van der Waals surface area contributed by atoms with Crippen LogP contribution < -0.4 is 0 Å². The molecule has 0 fully saturated rings. The fourth-order valence-electron chi connectivity index (χ4n) is 1.33. The number of aryl methyl sites for hydroxylation is 1. The quantitative estimate of drug-likeness (QED) is 0.688. The molecule has 0 N–H and O–H groups in total. The molecule has 82 valence electrons. The SMILES string of the molecule is CC/C=C\N=C/CCc1cccc(C#N)c1. The molecule has 0 saturated heterocycles. The van der Waals surface area contributed by atoms with Crippen LogP contribution >= 0.6 is 0 Å². The van der Waals surface area contributed by atoms with Gasteiger partial charge < -0.3 is 0 Å². The first-order valence-corrected chi connectivity index (χ1v) is 5.52. The third-order valence-electron chi connectivity index (χ3n) is 2.15. The van der Waals surface area contributed by atoms with E-state index in [1.165, 1.54) is 5.56 Å². The molecule has 0 bridgehead atoms. The van der Waals surface area contributed by atoms with Gasteiger partial charge in [-0.3, -0.25) is 4.99 Å². The molecule has 16 heavy (non-hydrogen) atoms. The highest BCUT2D eigenvalue weighted by Gasteiger charge is 1.93. The topological polar surface area (TPSA) is 36.1 Å². The van der Waals surface area contributed by atoms with Crippen molar-refractivity contribution in [3.05, 3.63) is 47.7 Å². The summed E-state index contributed by atoms with van der Waals surface area (Å²) in [6, 6.07) is 9.85. The molecule has 0 unspecified atom stereocenters. The monoisotopic (exact) mass is 212 g/mol. The van der Waals surface area contributed by atoms with Crippen LogP contribution in [0.4, 0.5) is 0 Å². The Bertz CT molecular complexity index is 411. The van der Waals surface area contributed by atoms with E-state index in [-0.39, 0.29) is 0 Å². The largest absolute Gasteiger partial charge is 0.269 e. The first kappa shape index (κ1) is 12.2. The molecular weight excluding hydrogens is 196 g/mol. The molecule has 1 rings (SSSR count). The molecule has 1 aromatic carbocycles. The molecule has 0 aliphatic rings. The smallest absolute Gasteiger partial charge is 0.0991 e. The minimum atomic E-state index is 0.723. The average molecular weight is 212 g/mol. The van der Waals surface area contributed by atoms with E-state index >= 15 is 0 Å². The third kappa shape index (κ3) is 4.56. The van der Waals surface area contributed by atoms with Crippen molar-refractivity contribution in [3.63, 3.8) is 0 Å². The van der Waals surface area contributed by atoms with Crippen LogP contribution in [0.2, 0.25) is 0 Å². The first-order valence-electron chi connectivity index (χ1n) is 5.52. The summed E-state index contributed by atoms with van der Waals surface area (Å²) >= 11 is 0. The van der Waals surface area contributed by atoms with Crippen molar-refractivity contribution in [2.24, 2.45) is 4.99 Å². The van der Waals surface area contributed by atoms with Crippen molar-refractivity contribution < 1.29 is 0 Å². The number of benzene rings is 1. The molecule has 0 spiro atoms. The number of nitrogens with zero attached hydrogens (tertiary/aromatic N) is 2. The molecular formula is C14H16N2. The Morgan fingerprint density at radius 1 is 1.44 bits per heavy atom. The molecule has 0 aliphatic carbocycles. The lowest BCUT2D eigenvalue weighted by Gasteiger charge is -1.97. The van der Waals surface area contributed by atoms with Crippen molar-refractivity contribution in [1.82, 2.24) is 0 Å². The van der Waals surface area contributed by atoms with Gasteiger partial charge >= 0.3 is 0 Å². The Morgan fingerprint density at radius 2 is 2.31 bits per heavy atom. The summed E-state index contributed by atoms with van der Waals surface area (Å²) in [5.41, 5.74) is 1.91. The van der Waals surface area contributed by atoms with Crippen LogP contribution in [0.5, 0.6) is 0 Å². The van der Waals surface area contributed by atoms with Crippen LogP contribution in [-0.4, -0.2) is 6.21 Å². The molecule has 1 aromatic rings. The summed E-state index contributed by atoms with van der Waals surface area (Å²) in [5.74, 6) is 0. The van der Waals surface area contributed by atoms with Gasteiger partial charge in [-0.15, -0.1) is 0 Å². The van der Waals surface area contributed by atoms with E-state index in [1.54, 1.807) is 0 Å². The summed E-state index contributed by atoms with van der Waals surface area (Å²) < 4.78 is 0. The lowest BCUT2D eigenvalue weighted by molar-refractivity contribution is 1.05. The number of allylic oxidation sites excluding steroid dienone is 1. The highest BCUT2D eigenvalue weighted by Crippen LogP contribution is 2.05. The number of hydrogen-bond acceptors (Lipinski definition) is 2. The lowest BCUT2D eigenvalue weighted by Crippen LogP contribution is -1.86. The molecule has 2 heteroatoms. The van der Waals surface area contributed by atoms with E-state index in [1.807, 2.05) is 42.8 Å². The van der Waals surface area contributed by atoms with Gasteiger partial charge in [0.25, 0.3) is 0 Å². The van der Waals surface area contributed by atoms with Gasteiger partial charge in [-0.1, -0.05) is 25.1 Å². The van der Waals surface area contributed by atoms with Gasteiger partial charge in [-0.2, -0.15) is 5.26 Å². The van der Waals surface area contributed by atoms with Crippen molar-refractivity contribution in [3.8, 4) is 6.07 Å². The standard InChI is InChI=1S/C14H16N2/c1-2-3-9-16-10-5-8-13-6-4-7-14(11-13)12-15/h3-4,6-7,9-11H,2,5,8H2,1H3/b9-3-,16-10-. The van der Waals surface area contributed by atoms with Gasteiger partial charge in [-0.25, -0.2) is 0 Å². The van der Waals surface area contributed by atoms with E-state index in [4.69, 9.17) is 5.26 Å². The minimum Gasteiger partial charge on any atom is -0.269 e. The number of rotatable bonds is 5. The van der Waals surface area contributed by atoms with Crippen LogP contribution in [0.25, 0.3) is 0 Å². The van der Waals surface area contributed by atoms with Gasteiger partial charge in [0, 0.05) is 12.4 Å². The second kappa shape index (κ2) is 7.42. The normalized spacial score (nSPS) is 11.0. The third-order valence-corrected chi connectivity index (χ3v) is 2.15. The molecule has 0 atom stereocenters. The summed E-state index contributed by atoms with van der Waals surface area (Å²) in [7, 11) is 0. The summed E-state index contributed by atoms with van der Waals surface area (Å²) in [4.78, 5) is 4.15. The highest BCUT2D eigenvalue weighted by molar-refractivity contribution is 5.58. The number of hydrogen-bond donors (Lipinski definition) is 0. The minimum absolute atomic E-state index is 0.723. The van der Waals surface area contributed by atoms with E-state index < -0.39 is 0 Å². The van der Waals surface area contributed by atoms with Crippen molar-refractivity contribution in [2.75, 3.05) is 0 Å². The van der Waals surface area contributed by atoms with Crippen LogP contribution in [0.3, 0.4) is 0 Å². The summed E-state index contributed by atoms with van der Waals surface area (Å²) in [6.07, 6.45) is 8.60. The van der Waals surface area contributed by atoms with E-state index in [9.17, 15) is 0 Å². The van der Waals surface area contributed by atoms with Crippen molar-refractivity contribution in [2.45, 2.75) is 26.2 Å². The Hall–Kier alpha value is -1.88. The fraction of sp³-hybridized carbons (Fsp3) is 0.286. The van der Waals surface area contributed by atoms with Gasteiger partial charge in [0.1, 0.15) is 0 Å². The van der Waals surface area contributed by atoms with Gasteiger partial charge in [0.15, 0.2) is 0 Å². The number of aliphatic imine (C=N–C) groups is 1. The Kier molecular flexibility index (Phi) is 5.65. The van der Waals surface area contributed by atoms with Crippen LogP contribution in [0.1, 0.15) is 30.9 Å². The molecule has 0 aromatic heterocycles. The Labute approximate surface area is 96.9 Å². The Morgan fingerprint density at radius 3 is 3.06 bits per heavy atom. The Balaban J connectivity index is 2.40. The second-order valence-electron chi connectivity index (χ2n) is 3.48. The highest BCUT2D eigenvalue weighted by atomic mass is 14.7. The maximum atomic E-state index is 8.75. The molecule has 0 aliphatic heterocycles. The average Bonchev–Trinajstić information content (AvgIpc) is 2.34. The van der Waals surface area contributed by atoms with Gasteiger partial charge in [0.05, 0.1) is 11.6 Å². The van der Waals surface area contributed by atoms with E-state index in [0.717, 1.165) is 24.8 Å². The number of nitriles is 1. The van der Waals surface area contributed by atoms with Crippen LogP contribution in [0.15, 0.2) is 41.5 Å². The van der Waals surface area contributed by atoms with Crippen LogP contribution in [0, 0.1) is 11.3 Å². The van der Waals surface area contributed by atoms with Gasteiger partial charge in [0.2, 0.25) is 0 Å². The maximum absolute atomic E-state index is 8.75. The first-order chi connectivity index (χ1) is 7.86. The zero-order valence-corrected chi connectivity index (χ0v) is 9.56. The van der Waals surface area contributed by atoms with Crippen molar-refractivity contribution >= 4 is 6.21 Å². The zero-order valence-electron chi connectivity index (χ0n) is 9.56. The molecule has 2 nitrogen and oxygen atoms in total. The second-order valence-corrected chi connectivity index (χ2v) is 3.48. The molecule has 0 radical (unpaired) electrons. The molecule has 0 heterocycles. The summed E-state index contributed by atoms with van der Waals surface area (Å²) in [5, 5.41) is 8.75. The van der Waals surface area contributed by atoms with Crippen LogP contribution in [-0.2, 0) is 6.42 Å². The van der Waals surface area contributed by atoms with E-state index in [0.29, 0.717) is 0 Å². The van der Waals surface area contributed by atoms with E-state index in [2.05, 4.69) is 18.0 Å². The predicted octanol–water partition coefficient (Wildman–Crippen LogP) is 3.49. The zero-order chi connectivity index (χ0) is 11.6. The molecule has 0 saturated carbocycles. The maximum Gasteiger partial charge on any atom is 0.0991 e. The van der Waals surface area contributed by atoms with Gasteiger partial charge in [-0.05, 0) is 37.0 Å². The summed E-state index contributed by atoms with van der Waals surface area (Å²) in [6.45, 7) is 2.08.